The molecule has 1 saturated carbocycles. The minimum absolute atomic E-state index is 0.633. The standard InChI is InChI=1S/C18H25NS/c1-19-16(11-10-14-6-2-3-7-14)12-15-13-20-18-9-5-4-8-17(15)18/h4-5,8-9,13-14,16,19H,2-3,6-7,10-12H2,1H3. The Labute approximate surface area is 126 Å². The molecule has 1 aromatic carbocycles. The van der Waals surface area contributed by atoms with Crippen molar-refractivity contribution in [3.8, 4) is 0 Å². The maximum absolute atomic E-state index is 3.53. The first-order chi connectivity index (χ1) is 9.86. The van der Waals surface area contributed by atoms with Gasteiger partial charge < -0.3 is 5.32 Å². The van der Waals surface area contributed by atoms with Crippen LogP contribution in [0.25, 0.3) is 10.1 Å². The molecule has 1 heterocycles. The first-order valence-electron chi connectivity index (χ1n) is 7.99. The summed E-state index contributed by atoms with van der Waals surface area (Å²) in [5.41, 5.74) is 1.52. The van der Waals surface area contributed by atoms with Crippen LogP contribution in [0.4, 0.5) is 0 Å². The number of thiophene rings is 1. The lowest BCUT2D eigenvalue weighted by atomic mass is 9.95. The fourth-order valence-corrected chi connectivity index (χ4v) is 4.52. The summed E-state index contributed by atoms with van der Waals surface area (Å²) in [6.07, 6.45) is 9.77. The second-order valence-electron chi connectivity index (χ2n) is 6.17. The van der Waals surface area contributed by atoms with Gasteiger partial charge in [0.15, 0.2) is 0 Å². The fraction of sp³-hybridized carbons (Fsp3) is 0.556. The molecule has 2 aromatic rings. The molecular weight excluding hydrogens is 262 g/mol. The van der Waals surface area contributed by atoms with E-state index < -0.39 is 0 Å². The van der Waals surface area contributed by atoms with Crippen molar-refractivity contribution < 1.29 is 0 Å². The predicted octanol–water partition coefficient (Wildman–Crippen LogP) is 5.00. The van der Waals surface area contributed by atoms with Crippen molar-refractivity contribution in [2.24, 2.45) is 5.92 Å². The summed E-state index contributed by atoms with van der Waals surface area (Å²) >= 11 is 1.88. The van der Waals surface area contributed by atoms with E-state index in [9.17, 15) is 0 Å². The van der Waals surface area contributed by atoms with Crippen molar-refractivity contribution in [3.63, 3.8) is 0 Å². The molecule has 20 heavy (non-hydrogen) atoms. The van der Waals surface area contributed by atoms with Gasteiger partial charge >= 0.3 is 0 Å². The van der Waals surface area contributed by atoms with Crippen LogP contribution in [0.15, 0.2) is 29.6 Å². The van der Waals surface area contributed by atoms with E-state index in [1.807, 2.05) is 11.3 Å². The highest BCUT2D eigenvalue weighted by molar-refractivity contribution is 7.17. The minimum Gasteiger partial charge on any atom is -0.317 e. The van der Waals surface area contributed by atoms with Crippen LogP contribution >= 0.6 is 11.3 Å². The van der Waals surface area contributed by atoms with Gasteiger partial charge in [0, 0.05) is 10.7 Å². The zero-order chi connectivity index (χ0) is 13.8. The number of likely N-dealkylation sites (N-methyl/N-ethyl adjacent to an activating group) is 1. The van der Waals surface area contributed by atoms with Gasteiger partial charge in [0.25, 0.3) is 0 Å². The number of rotatable bonds is 6. The molecule has 1 aliphatic carbocycles. The molecule has 2 heteroatoms. The zero-order valence-corrected chi connectivity index (χ0v) is 13.2. The molecule has 0 radical (unpaired) electrons. The van der Waals surface area contributed by atoms with Crippen molar-refractivity contribution in [1.82, 2.24) is 5.32 Å². The van der Waals surface area contributed by atoms with Gasteiger partial charge in [-0.3, -0.25) is 0 Å². The molecule has 108 valence electrons. The number of nitrogens with one attached hydrogen (secondary N) is 1. The molecule has 0 bridgehead atoms. The van der Waals surface area contributed by atoms with E-state index >= 15 is 0 Å². The highest BCUT2D eigenvalue weighted by atomic mass is 32.1. The van der Waals surface area contributed by atoms with Gasteiger partial charge in [-0.15, -0.1) is 11.3 Å². The van der Waals surface area contributed by atoms with E-state index in [4.69, 9.17) is 0 Å². The molecule has 1 unspecified atom stereocenters. The van der Waals surface area contributed by atoms with E-state index in [0.717, 1.165) is 5.92 Å². The van der Waals surface area contributed by atoms with Crippen LogP contribution in [0.1, 0.15) is 44.1 Å². The third-order valence-corrected chi connectivity index (χ3v) is 5.85. The van der Waals surface area contributed by atoms with Crippen LogP contribution in [0, 0.1) is 5.92 Å². The average molecular weight is 287 g/mol. The highest BCUT2D eigenvalue weighted by Crippen LogP contribution is 2.30. The van der Waals surface area contributed by atoms with Gasteiger partial charge in [0.1, 0.15) is 0 Å². The smallest absolute Gasteiger partial charge is 0.0345 e. The third-order valence-electron chi connectivity index (χ3n) is 4.83. The quantitative estimate of drug-likeness (QED) is 0.788. The lowest BCUT2D eigenvalue weighted by molar-refractivity contribution is 0.419. The molecule has 1 atom stereocenters. The van der Waals surface area contributed by atoms with E-state index in [-0.39, 0.29) is 0 Å². The van der Waals surface area contributed by atoms with Gasteiger partial charge in [-0.1, -0.05) is 43.9 Å². The number of benzene rings is 1. The van der Waals surface area contributed by atoms with Crippen molar-refractivity contribution >= 4 is 21.4 Å². The fourth-order valence-electron chi connectivity index (χ4n) is 3.54. The van der Waals surface area contributed by atoms with Crippen LogP contribution < -0.4 is 5.32 Å². The Hall–Kier alpha value is -0.860. The topological polar surface area (TPSA) is 12.0 Å². The highest BCUT2D eigenvalue weighted by Gasteiger charge is 2.17. The molecule has 0 amide bonds. The molecular formula is C18H25NS. The van der Waals surface area contributed by atoms with E-state index in [2.05, 4.69) is 42.0 Å². The molecule has 1 N–H and O–H groups in total. The summed E-state index contributed by atoms with van der Waals surface area (Å²) in [4.78, 5) is 0. The Morgan fingerprint density at radius 3 is 2.85 bits per heavy atom. The lowest BCUT2D eigenvalue weighted by Crippen LogP contribution is -2.28. The monoisotopic (exact) mass is 287 g/mol. The summed E-state index contributed by atoms with van der Waals surface area (Å²) in [6, 6.07) is 9.43. The predicted molar refractivity (Wildman–Crippen MR) is 89.6 cm³/mol. The van der Waals surface area contributed by atoms with Crippen LogP contribution in [0.2, 0.25) is 0 Å². The summed E-state index contributed by atoms with van der Waals surface area (Å²) in [7, 11) is 2.12. The van der Waals surface area contributed by atoms with Gasteiger partial charge in [0.2, 0.25) is 0 Å². The first kappa shape index (κ1) is 14.1. The largest absolute Gasteiger partial charge is 0.317 e. The third kappa shape index (κ3) is 3.24. The molecule has 3 rings (SSSR count). The molecule has 1 aromatic heterocycles. The van der Waals surface area contributed by atoms with Crippen molar-refractivity contribution in [2.45, 2.75) is 51.0 Å². The van der Waals surface area contributed by atoms with Gasteiger partial charge in [-0.2, -0.15) is 0 Å². The SMILES string of the molecule is CNC(CCC1CCCC1)Cc1csc2ccccc12. The summed E-state index contributed by atoms with van der Waals surface area (Å²) in [5, 5.41) is 7.34. The average Bonchev–Trinajstić information content (AvgIpc) is 3.13. The second kappa shape index (κ2) is 6.73. The zero-order valence-electron chi connectivity index (χ0n) is 12.4. The number of hydrogen-bond acceptors (Lipinski definition) is 2. The van der Waals surface area contributed by atoms with E-state index in [0.29, 0.717) is 6.04 Å². The minimum atomic E-state index is 0.633. The van der Waals surface area contributed by atoms with E-state index in [1.165, 1.54) is 60.6 Å². The summed E-state index contributed by atoms with van der Waals surface area (Å²) in [5.74, 6) is 1.00. The van der Waals surface area contributed by atoms with Crippen molar-refractivity contribution in [2.75, 3.05) is 7.05 Å². The van der Waals surface area contributed by atoms with E-state index in [1.54, 1.807) is 0 Å². The molecule has 0 aliphatic heterocycles. The normalized spacial score (nSPS) is 17.9. The Bertz CT molecular complexity index is 539. The molecule has 1 aliphatic rings. The molecule has 1 fully saturated rings. The van der Waals surface area contributed by atoms with Crippen molar-refractivity contribution in [3.05, 3.63) is 35.2 Å². The first-order valence-corrected chi connectivity index (χ1v) is 8.87. The van der Waals surface area contributed by atoms with Gasteiger partial charge in [0.05, 0.1) is 0 Å². The number of fused-ring (bicyclic) bond motifs is 1. The maximum Gasteiger partial charge on any atom is 0.0345 e. The second-order valence-corrected chi connectivity index (χ2v) is 7.09. The Kier molecular flexibility index (Phi) is 4.74. The maximum atomic E-state index is 3.53. The molecule has 0 saturated heterocycles. The Morgan fingerprint density at radius 2 is 2.05 bits per heavy atom. The van der Waals surface area contributed by atoms with Crippen LogP contribution in [-0.4, -0.2) is 13.1 Å². The van der Waals surface area contributed by atoms with Crippen LogP contribution in [-0.2, 0) is 6.42 Å². The molecule has 0 spiro atoms. The Morgan fingerprint density at radius 1 is 1.25 bits per heavy atom. The summed E-state index contributed by atoms with van der Waals surface area (Å²) in [6.45, 7) is 0. The van der Waals surface area contributed by atoms with Gasteiger partial charge in [-0.05, 0) is 54.6 Å². The van der Waals surface area contributed by atoms with Crippen LogP contribution in [0.5, 0.6) is 0 Å². The van der Waals surface area contributed by atoms with Crippen LogP contribution in [0.3, 0.4) is 0 Å². The number of hydrogen-bond donors (Lipinski definition) is 1. The Balaban J connectivity index is 1.61. The lowest BCUT2D eigenvalue weighted by Gasteiger charge is -2.18. The summed E-state index contributed by atoms with van der Waals surface area (Å²) < 4.78 is 1.42. The van der Waals surface area contributed by atoms with Crippen molar-refractivity contribution in [1.29, 1.82) is 0 Å². The van der Waals surface area contributed by atoms with Gasteiger partial charge in [-0.25, -0.2) is 0 Å². The molecule has 1 nitrogen and oxygen atoms in total.